The van der Waals surface area contributed by atoms with Gasteiger partial charge in [-0.05, 0) is 44.2 Å². The number of rotatable bonds is 4. The fourth-order valence-electron chi connectivity index (χ4n) is 2.28. The molecule has 0 unspecified atom stereocenters. The predicted octanol–water partition coefficient (Wildman–Crippen LogP) is 4.14. The van der Waals surface area contributed by atoms with Crippen molar-refractivity contribution in [1.29, 1.82) is 0 Å². The van der Waals surface area contributed by atoms with Gasteiger partial charge in [-0.15, -0.1) is 11.3 Å². The Morgan fingerprint density at radius 3 is 2.54 bits per heavy atom. The molecule has 124 valence electrons. The molecule has 0 radical (unpaired) electrons. The van der Waals surface area contributed by atoms with E-state index in [1.54, 1.807) is 43.6 Å². The van der Waals surface area contributed by atoms with Gasteiger partial charge in [0.1, 0.15) is 10.6 Å². The molecule has 24 heavy (non-hydrogen) atoms. The van der Waals surface area contributed by atoms with E-state index in [4.69, 9.17) is 0 Å². The maximum Gasteiger partial charge on any atom is 0.280 e. The minimum Gasteiger partial charge on any atom is -0.321 e. The Balaban J connectivity index is 1.81. The number of alkyl halides is 2. The zero-order valence-electron chi connectivity index (χ0n) is 13.0. The lowest BCUT2D eigenvalue weighted by molar-refractivity contribution is 0.102. The Labute approximate surface area is 141 Å². The zero-order valence-corrected chi connectivity index (χ0v) is 13.8. The maximum absolute atomic E-state index is 13.1. The average molecular weight is 348 g/mol. The number of nitrogens with one attached hydrogen (secondary N) is 1. The number of carbonyl (C=O) groups is 1. The normalized spacial score (nSPS) is 11.0. The van der Waals surface area contributed by atoms with Gasteiger partial charge in [-0.25, -0.2) is 18.4 Å². The largest absolute Gasteiger partial charge is 0.321 e. The summed E-state index contributed by atoms with van der Waals surface area (Å²) in [7, 11) is 0. The highest BCUT2D eigenvalue weighted by atomic mass is 32.1. The Bertz CT molecular complexity index is 871. The van der Waals surface area contributed by atoms with Crippen molar-refractivity contribution in [2.75, 3.05) is 5.32 Å². The van der Waals surface area contributed by atoms with Gasteiger partial charge in [0.15, 0.2) is 0 Å². The summed E-state index contributed by atoms with van der Waals surface area (Å²) >= 11 is 1.26. The Hall–Kier alpha value is -2.61. The second kappa shape index (κ2) is 6.48. The first kappa shape index (κ1) is 16.3. The quantitative estimate of drug-likeness (QED) is 0.771. The molecule has 2 heterocycles. The van der Waals surface area contributed by atoms with Gasteiger partial charge in [0.2, 0.25) is 0 Å². The number of aromatic nitrogens is 3. The van der Waals surface area contributed by atoms with Gasteiger partial charge in [-0.1, -0.05) is 0 Å². The fourth-order valence-corrected chi connectivity index (χ4v) is 2.97. The number of nitrogens with zero attached hydrogens (tertiary/aromatic N) is 3. The van der Waals surface area contributed by atoms with Crippen LogP contribution < -0.4 is 5.32 Å². The lowest BCUT2D eigenvalue weighted by Crippen LogP contribution is -2.11. The van der Waals surface area contributed by atoms with E-state index in [2.05, 4.69) is 15.4 Å². The third-order valence-electron chi connectivity index (χ3n) is 3.40. The molecule has 0 aliphatic carbocycles. The standard InChI is InChI=1S/C16H14F2N4OS/c1-9-7-13(15(17)18)22(21-9)12-5-3-11(4-6-12)20-16(23)14-10(2)19-8-24-14/h3-8,15H,1-2H3,(H,20,23). The SMILES string of the molecule is Cc1cc(C(F)F)n(-c2ccc(NC(=O)c3scnc3C)cc2)n1. The van der Waals surface area contributed by atoms with E-state index in [1.807, 2.05) is 0 Å². The zero-order chi connectivity index (χ0) is 17.3. The highest BCUT2D eigenvalue weighted by Gasteiger charge is 2.17. The van der Waals surface area contributed by atoms with E-state index in [1.165, 1.54) is 22.1 Å². The number of carbonyl (C=O) groups excluding carboxylic acids is 1. The minimum atomic E-state index is -2.61. The summed E-state index contributed by atoms with van der Waals surface area (Å²) in [5, 5.41) is 6.85. The van der Waals surface area contributed by atoms with Crippen LogP contribution in [0.5, 0.6) is 0 Å². The first-order valence-corrected chi connectivity index (χ1v) is 8.00. The number of hydrogen-bond acceptors (Lipinski definition) is 4. The maximum atomic E-state index is 13.1. The molecule has 0 aliphatic heterocycles. The molecule has 0 spiro atoms. The summed E-state index contributed by atoms with van der Waals surface area (Å²) in [5.74, 6) is -0.244. The van der Waals surface area contributed by atoms with Crippen LogP contribution in [0.3, 0.4) is 0 Å². The Kier molecular flexibility index (Phi) is 4.39. The van der Waals surface area contributed by atoms with Crippen LogP contribution in [0.1, 0.15) is 33.2 Å². The van der Waals surface area contributed by atoms with E-state index in [0.717, 1.165) is 0 Å². The van der Waals surface area contributed by atoms with Gasteiger partial charge in [-0.3, -0.25) is 4.79 Å². The van der Waals surface area contributed by atoms with Crippen molar-refractivity contribution in [3.8, 4) is 5.69 Å². The van der Waals surface area contributed by atoms with Crippen molar-refractivity contribution in [2.45, 2.75) is 20.3 Å². The van der Waals surface area contributed by atoms with E-state index in [-0.39, 0.29) is 11.6 Å². The summed E-state index contributed by atoms with van der Waals surface area (Å²) in [5.41, 5.74) is 3.71. The predicted molar refractivity (Wildman–Crippen MR) is 88.1 cm³/mol. The molecule has 3 aromatic rings. The second-order valence-electron chi connectivity index (χ2n) is 5.19. The molecule has 1 aromatic carbocycles. The van der Waals surface area contributed by atoms with E-state index >= 15 is 0 Å². The summed E-state index contributed by atoms with van der Waals surface area (Å²) < 4.78 is 27.3. The van der Waals surface area contributed by atoms with Crippen LogP contribution in [-0.2, 0) is 0 Å². The van der Waals surface area contributed by atoms with Crippen molar-refractivity contribution in [3.63, 3.8) is 0 Å². The second-order valence-corrected chi connectivity index (χ2v) is 6.05. The van der Waals surface area contributed by atoms with Crippen molar-refractivity contribution in [2.24, 2.45) is 0 Å². The van der Waals surface area contributed by atoms with Crippen LogP contribution in [0.25, 0.3) is 5.69 Å². The summed E-state index contributed by atoms with van der Waals surface area (Å²) in [4.78, 5) is 16.7. The van der Waals surface area contributed by atoms with Gasteiger partial charge in [0.05, 0.1) is 22.6 Å². The first-order chi connectivity index (χ1) is 11.5. The van der Waals surface area contributed by atoms with Crippen molar-refractivity contribution in [1.82, 2.24) is 14.8 Å². The highest BCUT2D eigenvalue weighted by molar-refractivity contribution is 7.12. The lowest BCUT2D eigenvalue weighted by atomic mass is 10.2. The third-order valence-corrected chi connectivity index (χ3v) is 4.33. The van der Waals surface area contributed by atoms with Crippen molar-refractivity contribution in [3.05, 3.63) is 57.8 Å². The van der Waals surface area contributed by atoms with Gasteiger partial charge < -0.3 is 5.32 Å². The minimum absolute atomic E-state index is 0.162. The van der Waals surface area contributed by atoms with Gasteiger partial charge >= 0.3 is 0 Å². The van der Waals surface area contributed by atoms with Gasteiger partial charge in [-0.2, -0.15) is 5.10 Å². The topological polar surface area (TPSA) is 59.8 Å². The number of benzene rings is 1. The molecule has 2 aromatic heterocycles. The van der Waals surface area contributed by atoms with Crippen LogP contribution in [0.15, 0.2) is 35.8 Å². The summed E-state index contributed by atoms with van der Waals surface area (Å²) in [6, 6.07) is 7.92. The Morgan fingerprint density at radius 1 is 1.25 bits per heavy atom. The number of hydrogen-bond donors (Lipinski definition) is 1. The molecule has 1 N–H and O–H groups in total. The number of halogens is 2. The van der Waals surface area contributed by atoms with E-state index in [0.29, 0.717) is 27.6 Å². The van der Waals surface area contributed by atoms with Crippen molar-refractivity contribution >= 4 is 22.9 Å². The monoisotopic (exact) mass is 348 g/mol. The highest BCUT2D eigenvalue weighted by Crippen LogP contribution is 2.24. The van der Waals surface area contributed by atoms with Crippen LogP contribution >= 0.6 is 11.3 Å². The molecular weight excluding hydrogens is 334 g/mol. The Morgan fingerprint density at radius 2 is 1.96 bits per heavy atom. The number of aryl methyl sites for hydroxylation is 2. The summed E-state index contributed by atoms with van der Waals surface area (Å²) in [6.45, 7) is 3.43. The van der Waals surface area contributed by atoms with Gasteiger partial charge in [0, 0.05) is 5.69 Å². The van der Waals surface area contributed by atoms with Crippen LogP contribution in [0.2, 0.25) is 0 Å². The molecule has 0 saturated heterocycles. The molecule has 0 fully saturated rings. The number of thiazole rings is 1. The van der Waals surface area contributed by atoms with E-state index < -0.39 is 6.43 Å². The number of amides is 1. The van der Waals surface area contributed by atoms with Crippen LogP contribution in [0.4, 0.5) is 14.5 Å². The van der Waals surface area contributed by atoms with Crippen molar-refractivity contribution < 1.29 is 13.6 Å². The smallest absolute Gasteiger partial charge is 0.280 e. The van der Waals surface area contributed by atoms with Crippen LogP contribution in [0, 0.1) is 13.8 Å². The van der Waals surface area contributed by atoms with Crippen LogP contribution in [-0.4, -0.2) is 20.7 Å². The lowest BCUT2D eigenvalue weighted by Gasteiger charge is -2.08. The molecule has 0 aliphatic rings. The average Bonchev–Trinajstić information content (AvgIpc) is 3.14. The fraction of sp³-hybridized carbons (Fsp3) is 0.188. The molecule has 8 heteroatoms. The third kappa shape index (κ3) is 3.18. The molecule has 1 amide bonds. The molecule has 0 atom stereocenters. The van der Waals surface area contributed by atoms with E-state index in [9.17, 15) is 13.6 Å². The first-order valence-electron chi connectivity index (χ1n) is 7.12. The molecule has 0 saturated carbocycles. The number of anilines is 1. The molecule has 0 bridgehead atoms. The summed E-state index contributed by atoms with van der Waals surface area (Å²) in [6.07, 6.45) is -2.61. The molecule has 3 rings (SSSR count). The molecular formula is C16H14F2N4OS. The molecule has 5 nitrogen and oxygen atoms in total. The van der Waals surface area contributed by atoms with Gasteiger partial charge in [0.25, 0.3) is 12.3 Å².